The Labute approximate surface area is 138 Å². The molecule has 1 aliphatic rings. The molecule has 0 saturated carbocycles. The molecular weight excluding hydrogens is 320 g/mol. The first-order chi connectivity index (χ1) is 11.4. The summed E-state index contributed by atoms with van der Waals surface area (Å²) in [6, 6.07) is 4.98. The molecular formula is C16H20O8. The number of rotatable bonds is 5. The predicted molar refractivity (Wildman–Crippen MR) is 82.6 cm³/mol. The standard InChI is InChI=1S/C16H20O8/c1-3-4-8-5-6-9(10(7-8)22-2)23-16-13(19)11(17)12(18)14(24-16)15(20)21/h3-7,11-14,16-19H,1-2H3,(H,20,21). The van der Waals surface area contributed by atoms with E-state index < -0.39 is 36.7 Å². The molecule has 8 nitrogen and oxygen atoms in total. The zero-order valence-corrected chi connectivity index (χ0v) is 13.2. The first-order valence-electron chi connectivity index (χ1n) is 7.29. The summed E-state index contributed by atoms with van der Waals surface area (Å²) in [7, 11) is 1.43. The van der Waals surface area contributed by atoms with Gasteiger partial charge in [0.25, 0.3) is 0 Å². The Balaban J connectivity index is 2.24. The van der Waals surface area contributed by atoms with E-state index in [-0.39, 0.29) is 5.75 Å². The lowest BCUT2D eigenvalue weighted by molar-refractivity contribution is -0.271. The highest BCUT2D eigenvalue weighted by Crippen LogP contribution is 2.32. The molecule has 0 amide bonds. The number of hydrogen-bond acceptors (Lipinski definition) is 7. The van der Waals surface area contributed by atoms with Crippen LogP contribution in [0, 0.1) is 0 Å². The van der Waals surface area contributed by atoms with Crippen LogP contribution in [-0.4, -0.2) is 64.2 Å². The fourth-order valence-corrected chi connectivity index (χ4v) is 2.35. The number of aliphatic hydroxyl groups is 3. The molecule has 1 fully saturated rings. The molecule has 0 aromatic heterocycles. The molecule has 1 aliphatic heterocycles. The van der Waals surface area contributed by atoms with E-state index in [1.54, 1.807) is 18.2 Å². The Kier molecular flexibility index (Phi) is 5.79. The minimum atomic E-state index is -1.77. The highest BCUT2D eigenvalue weighted by atomic mass is 16.7. The maximum atomic E-state index is 11.1. The topological polar surface area (TPSA) is 126 Å². The van der Waals surface area contributed by atoms with Crippen molar-refractivity contribution in [3.05, 3.63) is 29.8 Å². The maximum absolute atomic E-state index is 11.1. The molecule has 1 heterocycles. The number of ether oxygens (including phenoxy) is 3. The van der Waals surface area contributed by atoms with Crippen molar-refractivity contribution in [2.75, 3.05) is 7.11 Å². The van der Waals surface area contributed by atoms with E-state index in [9.17, 15) is 20.1 Å². The van der Waals surface area contributed by atoms with Gasteiger partial charge in [-0.1, -0.05) is 18.2 Å². The van der Waals surface area contributed by atoms with Crippen molar-refractivity contribution in [3.8, 4) is 11.5 Å². The summed E-state index contributed by atoms with van der Waals surface area (Å²) in [5.74, 6) is -0.936. The van der Waals surface area contributed by atoms with Gasteiger partial charge in [0, 0.05) is 0 Å². The van der Waals surface area contributed by atoms with Crippen LogP contribution in [-0.2, 0) is 9.53 Å². The number of hydrogen-bond donors (Lipinski definition) is 4. The molecule has 1 aromatic rings. The molecule has 0 aliphatic carbocycles. The molecule has 24 heavy (non-hydrogen) atoms. The second-order valence-corrected chi connectivity index (χ2v) is 5.26. The Morgan fingerprint density at radius 1 is 1.17 bits per heavy atom. The minimum Gasteiger partial charge on any atom is -0.493 e. The summed E-state index contributed by atoms with van der Waals surface area (Å²) in [4.78, 5) is 11.1. The van der Waals surface area contributed by atoms with E-state index >= 15 is 0 Å². The molecule has 0 spiro atoms. The molecule has 0 radical (unpaired) electrons. The fraction of sp³-hybridized carbons (Fsp3) is 0.438. The van der Waals surface area contributed by atoms with Crippen molar-refractivity contribution < 1.29 is 39.4 Å². The van der Waals surface area contributed by atoms with Crippen molar-refractivity contribution in [3.63, 3.8) is 0 Å². The Morgan fingerprint density at radius 2 is 1.88 bits per heavy atom. The molecule has 1 aromatic carbocycles. The van der Waals surface area contributed by atoms with Gasteiger partial charge in [0.05, 0.1) is 7.11 Å². The second-order valence-electron chi connectivity index (χ2n) is 5.26. The number of aliphatic hydroxyl groups excluding tert-OH is 3. The van der Waals surface area contributed by atoms with Crippen molar-refractivity contribution in [1.29, 1.82) is 0 Å². The van der Waals surface area contributed by atoms with E-state index in [4.69, 9.17) is 19.3 Å². The van der Waals surface area contributed by atoms with Crippen LogP contribution in [0.2, 0.25) is 0 Å². The number of carbonyl (C=O) groups is 1. The zero-order valence-electron chi connectivity index (χ0n) is 13.2. The summed E-state index contributed by atoms with van der Waals surface area (Å²) in [5.41, 5.74) is 0.852. The molecule has 5 unspecified atom stereocenters. The van der Waals surface area contributed by atoms with Gasteiger partial charge >= 0.3 is 5.97 Å². The zero-order chi connectivity index (χ0) is 17.9. The van der Waals surface area contributed by atoms with Gasteiger partial charge in [-0.05, 0) is 24.6 Å². The average molecular weight is 340 g/mol. The van der Waals surface area contributed by atoms with Gasteiger partial charge < -0.3 is 34.6 Å². The number of aliphatic carboxylic acids is 1. The molecule has 2 rings (SSSR count). The number of carboxylic acid groups (broad SMARTS) is 1. The Morgan fingerprint density at radius 3 is 2.46 bits per heavy atom. The predicted octanol–water partition coefficient (Wildman–Crippen LogP) is -0.000700. The van der Waals surface area contributed by atoms with Gasteiger partial charge in [0.1, 0.15) is 18.3 Å². The summed E-state index contributed by atoms with van der Waals surface area (Å²) in [6.07, 6.45) is -4.63. The minimum absolute atomic E-state index is 0.197. The van der Waals surface area contributed by atoms with Crippen molar-refractivity contribution >= 4 is 12.0 Å². The van der Waals surface area contributed by atoms with Crippen LogP contribution in [0.5, 0.6) is 11.5 Å². The lowest BCUT2D eigenvalue weighted by Crippen LogP contribution is -2.61. The number of benzene rings is 1. The normalized spacial score (nSPS) is 30.3. The van der Waals surface area contributed by atoms with Crippen LogP contribution in [0.15, 0.2) is 24.3 Å². The van der Waals surface area contributed by atoms with Crippen LogP contribution >= 0.6 is 0 Å². The Hall–Kier alpha value is -2.13. The molecule has 5 atom stereocenters. The van der Waals surface area contributed by atoms with Gasteiger partial charge in [-0.3, -0.25) is 0 Å². The van der Waals surface area contributed by atoms with Gasteiger partial charge in [-0.2, -0.15) is 0 Å². The van der Waals surface area contributed by atoms with Crippen LogP contribution < -0.4 is 9.47 Å². The summed E-state index contributed by atoms with van der Waals surface area (Å²) < 4.78 is 15.7. The quantitative estimate of drug-likeness (QED) is 0.590. The molecule has 8 heteroatoms. The number of allylic oxidation sites excluding steroid dienone is 1. The summed E-state index contributed by atoms with van der Waals surface area (Å²) in [6.45, 7) is 1.86. The van der Waals surface area contributed by atoms with Gasteiger partial charge in [0.15, 0.2) is 17.6 Å². The summed E-state index contributed by atoms with van der Waals surface area (Å²) >= 11 is 0. The highest BCUT2D eigenvalue weighted by molar-refractivity contribution is 5.73. The van der Waals surface area contributed by atoms with E-state index in [1.165, 1.54) is 7.11 Å². The second kappa shape index (κ2) is 7.63. The van der Waals surface area contributed by atoms with Gasteiger partial charge in [-0.25, -0.2) is 4.79 Å². The van der Waals surface area contributed by atoms with Crippen LogP contribution in [0.4, 0.5) is 0 Å². The smallest absolute Gasteiger partial charge is 0.335 e. The molecule has 4 N–H and O–H groups in total. The Bertz CT molecular complexity index is 614. The van der Waals surface area contributed by atoms with Gasteiger partial charge in [-0.15, -0.1) is 0 Å². The van der Waals surface area contributed by atoms with Crippen LogP contribution in [0.1, 0.15) is 12.5 Å². The molecule has 1 saturated heterocycles. The van der Waals surface area contributed by atoms with Crippen LogP contribution in [0.25, 0.3) is 6.08 Å². The maximum Gasteiger partial charge on any atom is 0.335 e. The SMILES string of the molecule is CC=Cc1ccc(OC2OC(C(=O)O)C(O)C(O)C2O)c(OC)c1. The third kappa shape index (κ3) is 3.68. The van der Waals surface area contributed by atoms with Gasteiger partial charge in [0.2, 0.25) is 6.29 Å². The number of carboxylic acids is 1. The van der Waals surface area contributed by atoms with Crippen LogP contribution in [0.3, 0.4) is 0 Å². The fourth-order valence-electron chi connectivity index (χ4n) is 2.35. The van der Waals surface area contributed by atoms with Crippen molar-refractivity contribution in [2.45, 2.75) is 37.6 Å². The summed E-state index contributed by atoms with van der Waals surface area (Å²) in [5, 5.41) is 38.4. The first-order valence-corrected chi connectivity index (χ1v) is 7.29. The largest absolute Gasteiger partial charge is 0.493 e. The third-order valence-corrected chi connectivity index (χ3v) is 3.60. The third-order valence-electron chi connectivity index (χ3n) is 3.60. The molecule has 0 bridgehead atoms. The van der Waals surface area contributed by atoms with E-state index in [0.29, 0.717) is 5.75 Å². The molecule has 132 valence electrons. The van der Waals surface area contributed by atoms with E-state index in [1.807, 2.05) is 19.1 Å². The van der Waals surface area contributed by atoms with E-state index in [2.05, 4.69) is 0 Å². The average Bonchev–Trinajstić information content (AvgIpc) is 2.56. The monoisotopic (exact) mass is 340 g/mol. The van der Waals surface area contributed by atoms with Crippen molar-refractivity contribution in [1.82, 2.24) is 0 Å². The lowest BCUT2D eigenvalue weighted by atomic mass is 9.99. The first kappa shape index (κ1) is 18.2. The lowest BCUT2D eigenvalue weighted by Gasteiger charge is -2.38. The number of methoxy groups -OCH3 is 1. The van der Waals surface area contributed by atoms with E-state index in [0.717, 1.165) is 5.56 Å². The highest BCUT2D eigenvalue weighted by Gasteiger charge is 2.48. The van der Waals surface area contributed by atoms with Crippen molar-refractivity contribution in [2.24, 2.45) is 0 Å².